The summed E-state index contributed by atoms with van der Waals surface area (Å²) in [5.41, 5.74) is 0.130. The molecule has 0 saturated heterocycles. The molecule has 2 nitrogen and oxygen atoms in total. The number of anilines is 1. The van der Waals surface area contributed by atoms with Crippen LogP contribution in [-0.4, -0.2) is 10.7 Å². The number of benzene rings is 1. The molecule has 1 unspecified atom stereocenters. The van der Waals surface area contributed by atoms with Gasteiger partial charge in [-0.2, -0.15) is 0 Å². The first-order valence-electron chi connectivity index (χ1n) is 3.90. The van der Waals surface area contributed by atoms with Crippen LogP contribution in [0, 0.1) is 5.82 Å². The van der Waals surface area contributed by atoms with Gasteiger partial charge in [-0.05, 0) is 25.1 Å². The summed E-state index contributed by atoms with van der Waals surface area (Å²) >= 11 is 8.63. The van der Waals surface area contributed by atoms with Gasteiger partial charge in [0.1, 0.15) is 5.82 Å². The Hall–Kier alpha value is -0.610. The molecular formula is C9H8BrClFNO. The van der Waals surface area contributed by atoms with E-state index in [0.29, 0.717) is 5.02 Å². The van der Waals surface area contributed by atoms with E-state index in [2.05, 4.69) is 21.2 Å². The predicted molar refractivity (Wildman–Crippen MR) is 58.4 cm³/mol. The Morgan fingerprint density at radius 3 is 2.79 bits per heavy atom. The summed E-state index contributed by atoms with van der Waals surface area (Å²) in [5, 5.41) is 2.72. The van der Waals surface area contributed by atoms with Crippen molar-refractivity contribution in [2.45, 2.75) is 11.8 Å². The van der Waals surface area contributed by atoms with Gasteiger partial charge >= 0.3 is 0 Å². The van der Waals surface area contributed by atoms with Gasteiger partial charge in [0.2, 0.25) is 5.91 Å². The maximum Gasteiger partial charge on any atom is 0.237 e. The fourth-order valence-corrected chi connectivity index (χ4v) is 1.10. The standard InChI is InChI=1S/C9H8BrClFNO/c1-5(10)9(14)13-8-3-2-6(11)4-7(8)12/h2-5H,1H3,(H,13,14). The summed E-state index contributed by atoms with van der Waals surface area (Å²) < 4.78 is 13.2. The van der Waals surface area contributed by atoms with E-state index in [-0.39, 0.29) is 16.4 Å². The van der Waals surface area contributed by atoms with Crippen LogP contribution in [0.5, 0.6) is 0 Å². The molecule has 1 atom stereocenters. The third-order valence-electron chi connectivity index (χ3n) is 1.55. The molecule has 76 valence electrons. The van der Waals surface area contributed by atoms with E-state index in [9.17, 15) is 9.18 Å². The fourth-order valence-electron chi connectivity index (χ4n) is 0.823. The van der Waals surface area contributed by atoms with Gasteiger partial charge in [0, 0.05) is 5.02 Å². The first-order chi connectivity index (χ1) is 6.50. The molecule has 14 heavy (non-hydrogen) atoms. The highest BCUT2D eigenvalue weighted by molar-refractivity contribution is 9.10. The molecule has 1 amide bonds. The Labute approximate surface area is 94.6 Å². The van der Waals surface area contributed by atoms with Crippen molar-refractivity contribution in [1.29, 1.82) is 0 Å². The zero-order valence-electron chi connectivity index (χ0n) is 7.35. The predicted octanol–water partition coefficient (Wildman–Crippen LogP) is 3.20. The first-order valence-corrected chi connectivity index (χ1v) is 5.20. The molecule has 0 radical (unpaired) electrons. The van der Waals surface area contributed by atoms with E-state index in [0.717, 1.165) is 6.07 Å². The molecule has 0 fully saturated rings. The number of rotatable bonds is 2. The lowest BCUT2D eigenvalue weighted by molar-refractivity contribution is -0.115. The highest BCUT2D eigenvalue weighted by atomic mass is 79.9. The van der Waals surface area contributed by atoms with Crippen molar-refractivity contribution >= 4 is 39.1 Å². The average molecular weight is 281 g/mol. The SMILES string of the molecule is CC(Br)C(=O)Nc1ccc(Cl)cc1F. The Morgan fingerprint density at radius 2 is 2.29 bits per heavy atom. The van der Waals surface area contributed by atoms with Crippen LogP contribution in [0.25, 0.3) is 0 Å². The van der Waals surface area contributed by atoms with E-state index in [1.807, 2.05) is 0 Å². The summed E-state index contributed by atoms with van der Waals surface area (Å²) in [4.78, 5) is 10.8. The number of amides is 1. The van der Waals surface area contributed by atoms with Crippen LogP contribution >= 0.6 is 27.5 Å². The van der Waals surface area contributed by atoms with Crippen molar-refractivity contribution in [1.82, 2.24) is 0 Å². The Morgan fingerprint density at radius 1 is 1.64 bits per heavy atom. The van der Waals surface area contributed by atoms with Crippen LogP contribution < -0.4 is 5.32 Å². The minimum absolute atomic E-state index is 0.130. The number of carbonyl (C=O) groups is 1. The highest BCUT2D eigenvalue weighted by Gasteiger charge is 2.11. The molecule has 1 aromatic rings. The number of alkyl halides is 1. The summed E-state index contributed by atoms with van der Waals surface area (Å²) in [5.74, 6) is -0.842. The second kappa shape index (κ2) is 4.75. The fraction of sp³-hybridized carbons (Fsp3) is 0.222. The third-order valence-corrected chi connectivity index (χ3v) is 2.20. The van der Waals surface area contributed by atoms with E-state index in [1.54, 1.807) is 6.92 Å². The van der Waals surface area contributed by atoms with Gasteiger partial charge in [0.05, 0.1) is 10.5 Å². The van der Waals surface area contributed by atoms with Crippen molar-refractivity contribution in [3.8, 4) is 0 Å². The largest absolute Gasteiger partial charge is 0.323 e. The monoisotopic (exact) mass is 279 g/mol. The normalized spacial score (nSPS) is 12.3. The van der Waals surface area contributed by atoms with Gasteiger partial charge in [-0.15, -0.1) is 0 Å². The molecule has 0 aliphatic heterocycles. The van der Waals surface area contributed by atoms with Crippen molar-refractivity contribution < 1.29 is 9.18 Å². The zero-order valence-corrected chi connectivity index (χ0v) is 9.69. The number of hydrogen-bond acceptors (Lipinski definition) is 1. The van der Waals surface area contributed by atoms with Crippen LogP contribution in [0.1, 0.15) is 6.92 Å². The van der Waals surface area contributed by atoms with Gasteiger partial charge in [0.15, 0.2) is 0 Å². The number of carbonyl (C=O) groups excluding carboxylic acids is 1. The summed E-state index contributed by atoms with van der Waals surface area (Å²) in [6.45, 7) is 1.66. The second-order valence-corrected chi connectivity index (χ2v) is 4.54. The van der Waals surface area contributed by atoms with Gasteiger partial charge in [-0.1, -0.05) is 27.5 Å². The highest BCUT2D eigenvalue weighted by Crippen LogP contribution is 2.19. The summed E-state index contributed by atoms with van der Waals surface area (Å²) in [7, 11) is 0. The molecule has 0 heterocycles. The minimum atomic E-state index is -0.543. The van der Waals surface area contributed by atoms with Crippen LogP contribution in [0.2, 0.25) is 5.02 Å². The Balaban J connectivity index is 2.82. The van der Waals surface area contributed by atoms with E-state index in [4.69, 9.17) is 11.6 Å². The van der Waals surface area contributed by atoms with Crippen molar-refractivity contribution in [2.24, 2.45) is 0 Å². The van der Waals surface area contributed by atoms with Gasteiger partial charge in [0.25, 0.3) is 0 Å². The van der Waals surface area contributed by atoms with Crippen molar-refractivity contribution in [2.75, 3.05) is 5.32 Å². The van der Waals surface area contributed by atoms with Crippen LogP contribution in [0.4, 0.5) is 10.1 Å². The quantitative estimate of drug-likeness (QED) is 0.828. The van der Waals surface area contributed by atoms with Crippen LogP contribution in [0.3, 0.4) is 0 Å². The molecular weight excluding hydrogens is 272 g/mol. The smallest absolute Gasteiger partial charge is 0.237 e. The number of hydrogen-bond donors (Lipinski definition) is 1. The molecule has 0 aliphatic rings. The zero-order chi connectivity index (χ0) is 10.7. The Bertz CT molecular complexity index is 357. The molecule has 0 aromatic heterocycles. The lowest BCUT2D eigenvalue weighted by Crippen LogP contribution is -2.20. The molecule has 0 spiro atoms. The van der Waals surface area contributed by atoms with Gasteiger partial charge < -0.3 is 5.32 Å². The molecule has 5 heteroatoms. The van der Waals surface area contributed by atoms with Crippen LogP contribution in [-0.2, 0) is 4.79 Å². The first kappa shape index (κ1) is 11.5. The van der Waals surface area contributed by atoms with E-state index >= 15 is 0 Å². The maximum atomic E-state index is 13.2. The topological polar surface area (TPSA) is 29.1 Å². The van der Waals surface area contributed by atoms with Crippen molar-refractivity contribution in [3.63, 3.8) is 0 Å². The summed E-state index contributed by atoms with van der Waals surface area (Å²) in [6.07, 6.45) is 0. The minimum Gasteiger partial charge on any atom is -0.323 e. The Kier molecular flexibility index (Phi) is 3.89. The summed E-state index contributed by atoms with van der Waals surface area (Å²) in [6, 6.07) is 4.08. The lowest BCUT2D eigenvalue weighted by Gasteiger charge is -2.07. The average Bonchev–Trinajstić information content (AvgIpc) is 2.09. The molecule has 0 aliphatic carbocycles. The van der Waals surface area contributed by atoms with Gasteiger partial charge in [-0.25, -0.2) is 4.39 Å². The van der Waals surface area contributed by atoms with E-state index < -0.39 is 5.82 Å². The maximum absolute atomic E-state index is 13.2. The van der Waals surface area contributed by atoms with Crippen LogP contribution in [0.15, 0.2) is 18.2 Å². The van der Waals surface area contributed by atoms with Gasteiger partial charge in [-0.3, -0.25) is 4.79 Å². The number of halogens is 3. The van der Waals surface area contributed by atoms with E-state index in [1.165, 1.54) is 12.1 Å². The second-order valence-electron chi connectivity index (χ2n) is 2.73. The molecule has 1 rings (SSSR count). The molecule has 0 saturated carbocycles. The van der Waals surface area contributed by atoms with Crippen molar-refractivity contribution in [3.05, 3.63) is 29.0 Å². The molecule has 1 N–H and O–H groups in total. The molecule has 0 bridgehead atoms. The lowest BCUT2D eigenvalue weighted by atomic mass is 10.3. The third kappa shape index (κ3) is 2.96. The number of nitrogens with one attached hydrogen (secondary N) is 1. The molecule has 1 aromatic carbocycles.